The number of rotatable bonds is 7. The van der Waals surface area contributed by atoms with E-state index in [1.807, 2.05) is 0 Å². The third-order valence-electron chi connectivity index (χ3n) is 7.10. The summed E-state index contributed by atoms with van der Waals surface area (Å²) < 4.78 is 108. The SMILES string of the molecule is C[C@@](C(=O)N[C@@H]1CC2CC1CC2(F)F)(c1cncnc1)N(C(=O)[C@H](F)Cl)c1ccc(S(F)(F)(F)(F)F)cc1. The van der Waals surface area contributed by atoms with Gasteiger partial charge in [-0.25, -0.2) is 23.1 Å². The lowest BCUT2D eigenvalue weighted by Gasteiger charge is -2.42. The minimum Gasteiger partial charge on any atom is -0.351 e. The smallest absolute Gasteiger partial charge is 0.310 e. The average molecular weight is 593 g/mol. The van der Waals surface area contributed by atoms with Crippen LogP contribution in [0.3, 0.4) is 0 Å². The Hall–Kier alpha value is -2.68. The van der Waals surface area contributed by atoms with Crippen molar-refractivity contribution in [3.8, 4) is 0 Å². The summed E-state index contributed by atoms with van der Waals surface area (Å²) in [5.74, 6) is -7.07. The Morgan fingerprint density at radius 3 is 2.13 bits per heavy atom. The second-order valence-electron chi connectivity index (χ2n) is 9.61. The van der Waals surface area contributed by atoms with E-state index in [2.05, 4.69) is 15.3 Å². The molecule has 4 rings (SSSR count). The molecule has 0 radical (unpaired) electrons. The average Bonchev–Trinajstić information content (AvgIpc) is 3.34. The monoisotopic (exact) mass is 592 g/mol. The van der Waals surface area contributed by atoms with Gasteiger partial charge in [0.1, 0.15) is 11.2 Å². The number of halogens is 9. The van der Waals surface area contributed by atoms with Crippen molar-refractivity contribution in [1.82, 2.24) is 15.3 Å². The number of carbonyl (C=O) groups excluding carboxylic acids is 2. The van der Waals surface area contributed by atoms with Gasteiger partial charge in [0.2, 0.25) is 0 Å². The molecule has 2 saturated carbocycles. The van der Waals surface area contributed by atoms with Crippen LogP contribution in [0, 0.1) is 11.8 Å². The van der Waals surface area contributed by atoms with E-state index >= 15 is 0 Å². The van der Waals surface area contributed by atoms with Crippen LogP contribution in [0.15, 0.2) is 47.9 Å². The zero-order valence-corrected chi connectivity index (χ0v) is 21.0. The van der Waals surface area contributed by atoms with Gasteiger partial charge in [-0.05, 0) is 49.9 Å². The predicted molar refractivity (Wildman–Crippen MR) is 123 cm³/mol. The van der Waals surface area contributed by atoms with Crippen molar-refractivity contribution in [3.63, 3.8) is 0 Å². The zero-order chi connectivity index (χ0) is 28.4. The van der Waals surface area contributed by atoms with Crippen LogP contribution in [0.1, 0.15) is 31.7 Å². The van der Waals surface area contributed by atoms with Gasteiger partial charge in [-0.1, -0.05) is 31.0 Å². The minimum atomic E-state index is -10.1. The first-order chi connectivity index (χ1) is 17.2. The van der Waals surface area contributed by atoms with Crippen molar-refractivity contribution in [2.45, 2.75) is 54.2 Å². The molecule has 2 unspecified atom stereocenters. The van der Waals surface area contributed by atoms with Gasteiger partial charge in [-0.3, -0.25) is 14.5 Å². The van der Waals surface area contributed by atoms with Gasteiger partial charge in [-0.15, -0.1) is 0 Å². The second kappa shape index (κ2) is 8.41. The highest BCUT2D eigenvalue weighted by atomic mass is 35.5. The van der Waals surface area contributed by atoms with Crippen LogP contribution in [-0.4, -0.2) is 39.4 Å². The molecule has 2 aliphatic carbocycles. The Balaban J connectivity index is 1.79. The Morgan fingerprint density at radius 2 is 1.68 bits per heavy atom. The Bertz CT molecular complexity index is 1250. The maximum atomic E-state index is 14.2. The zero-order valence-electron chi connectivity index (χ0n) is 19.4. The molecule has 16 heteroatoms. The fourth-order valence-electron chi connectivity index (χ4n) is 5.17. The molecule has 1 heterocycles. The summed E-state index contributed by atoms with van der Waals surface area (Å²) in [6.07, 6.45) is 2.82. The summed E-state index contributed by atoms with van der Waals surface area (Å²) in [6.45, 7) is 1.10. The molecule has 2 amide bonds. The van der Waals surface area contributed by atoms with Crippen LogP contribution in [-0.2, 0) is 15.1 Å². The summed E-state index contributed by atoms with van der Waals surface area (Å²) in [7, 11) is -10.1. The lowest BCUT2D eigenvalue weighted by atomic mass is 9.87. The third-order valence-corrected chi connectivity index (χ3v) is 8.45. The lowest BCUT2D eigenvalue weighted by Crippen LogP contribution is -2.60. The van der Waals surface area contributed by atoms with Crippen LogP contribution in [0.4, 0.5) is 38.3 Å². The number of hydrogen-bond donors (Lipinski definition) is 1. The van der Waals surface area contributed by atoms with Crippen molar-refractivity contribution >= 4 is 39.3 Å². The Labute approximate surface area is 216 Å². The largest absolute Gasteiger partial charge is 0.351 e. The number of nitrogens with one attached hydrogen (secondary N) is 1. The van der Waals surface area contributed by atoms with E-state index < -0.39 is 74.0 Å². The summed E-state index contributed by atoms with van der Waals surface area (Å²) in [5.41, 5.74) is -5.82. The standard InChI is InChI=1S/C22H21ClF8N4O2S/c1-21(14-9-32-11-33-10-14,20(37)34-17-7-13-6-12(17)8-22(13,25)26)35(19(36)18(23)24)15-2-4-16(5-3-15)38(27,28,29,30)31/h2-5,9-13,17-18H,6-8H2,1H3,(H,34,37)/t12?,13?,17-,18+,21+/m1/s1. The summed E-state index contributed by atoms with van der Waals surface area (Å²) in [6, 6.07) is 0.198. The number of fused-ring (bicyclic) bond motifs is 2. The molecule has 2 fully saturated rings. The van der Waals surface area contributed by atoms with Gasteiger partial charge in [0.05, 0.1) is 0 Å². The van der Waals surface area contributed by atoms with Crippen LogP contribution >= 0.6 is 21.8 Å². The molecule has 2 bridgehead atoms. The van der Waals surface area contributed by atoms with E-state index in [1.165, 1.54) is 0 Å². The van der Waals surface area contributed by atoms with E-state index in [-0.39, 0.29) is 30.5 Å². The molecule has 5 atom stereocenters. The first-order valence-corrected chi connectivity index (χ1v) is 13.5. The molecule has 2 aliphatic rings. The highest BCUT2D eigenvalue weighted by Crippen LogP contribution is 3.02. The van der Waals surface area contributed by atoms with E-state index in [1.54, 1.807) is 0 Å². The van der Waals surface area contributed by atoms with Crippen molar-refractivity contribution in [2.24, 2.45) is 11.8 Å². The second-order valence-corrected chi connectivity index (χ2v) is 12.4. The van der Waals surface area contributed by atoms with Crippen molar-refractivity contribution in [3.05, 3.63) is 48.5 Å². The first-order valence-electron chi connectivity index (χ1n) is 11.1. The molecule has 2 aromatic rings. The number of nitrogens with zero attached hydrogens (tertiary/aromatic N) is 3. The van der Waals surface area contributed by atoms with Crippen molar-refractivity contribution < 1.29 is 42.2 Å². The maximum absolute atomic E-state index is 14.2. The molecule has 6 nitrogen and oxygen atoms in total. The molecule has 0 aliphatic heterocycles. The first kappa shape index (κ1) is 28.3. The van der Waals surface area contributed by atoms with Gasteiger partial charge in [0.25, 0.3) is 23.4 Å². The van der Waals surface area contributed by atoms with Gasteiger partial charge in [0, 0.05) is 42.0 Å². The van der Waals surface area contributed by atoms with Gasteiger partial charge >= 0.3 is 10.2 Å². The molecular formula is C22H21ClF8N4O2S. The quantitative estimate of drug-likeness (QED) is 0.296. The van der Waals surface area contributed by atoms with Crippen LogP contribution < -0.4 is 10.2 Å². The number of anilines is 1. The normalized spacial score (nSPS) is 26.5. The van der Waals surface area contributed by atoms with Crippen molar-refractivity contribution in [2.75, 3.05) is 4.90 Å². The van der Waals surface area contributed by atoms with Gasteiger partial charge in [0.15, 0.2) is 5.54 Å². The maximum Gasteiger partial charge on any atom is 0.310 e. The number of alkyl halides is 4. The fraction of sp³-hybridized carbons (Fsp3) is 0.455. The number of carbonyl (C=O) groups is 2. The predicted octanol–water partition coefficient (Wildman–Crippen LogP) is 6.47. The molecule has 0 saturated heterocycles. The summed E-state index contributed by atoms with van der Waals surface area (Å²) >= 11 is 5.37. The molecular weight excluding hydrogens is 572 g/mol. The number of amides is 2. The minimum absolute atomic E-state index is 0.00350. The highest BCUT2D eigenvalue weighted by molar-refractivity contribution is 8.45. The highest BCUT2D eigenvalue weighted by Gasteiger charge is 2.65. The van der Waals surface area contributed by atoms with E-state index in [9.17, 15) is 42.2 Å². The number of hydrogen-bond acceptors (Lipinski definition) is 4. The van der Waals surface area contributed by atoms with E-state index in [4.69, 9.17) is 11.6 Å². The topological polar surface area (TPSA) is 75.2 Å². The number of aromatic nitrogens is 2. The van der Waals surface area contributed by atoms with E-state index in [0.717, 1.165) is 25.6 Å². The lowest BCUT2D eigenvalue weighted by molar-refractivity contribution is -0.132. The van der Waals surface area contributed by atoms with Crippen LogP contribution in [0.25, 0.3) is 0 Å². The Morgan fingerprint density at radius 1 is 1.11 bits per heavy atom. The van der Waals surface area contributed by atoms with Crippen LogP contribution in [0.5, 0.6) is 0 Å². The van der Waals surface area contributed by atoms with Gasteiger partial charge < -0.3 is 5.32 Å². The summed E-state index contributed by atoms with van der Waals surface area (Å²) in [5, 5.41) is 2.60. The molecule has 0 spiro atoms. The van der Waals surface area contributed by atoms with E-state index in [0.29, 0.717) is 17.0 Å². The Kier molecular flexibility index (Phi) is 6.27. The van der Waals surface area contributed by atoms with Crippen LogP contribution in [0.2, 0.25) is 0 Å². The molecule has 38 heavy (non-hydrogen) atoms. The number of benzene rings is 1. The third kappa shape index (κ3) is 5.14. The summed E-state index contributed by atoms with van der Waals surface area (Å²) in [4.78, 5) is 32.4. The molecule has 1 aromatic heterocycles. The molecule has 1 aromatic carbocycles. The molecule has 210 valence electrons. The fourth-order valence-corrected chi connectivity index (χ4v) is 5.91. The van der Waals surface area contributed by atoms with Crippen molar-refractivity contribution in [1.29, 1.82) is 0 Å². The molecule has 1 N–H and O–H groups in total. The van der Waals surface area contributed by atoms with Gasteiger partial charge in [-0.2, -0.15) is 0 Å².